The second-order valence-electron chi connectivity index (χ2n) is 7.52. The zero-order valence-electron chi connectivity index (χ0n) is 18.0. The van der Waals surface area contributed by atoms with Gasteiger partial charge in [0.25, 0.3) is 5.91 Å². The summed E-state index contributed by atoms with van der Waals surface area (Å²) in [6.45, 7) is 4.08. The highest BCUT2D eigenvalue weighted by atomic mass is 16.5. The first-order valence-corrected chi connectivity index (χ1v) is 9.93. The summed E-state index contributed by atoms with van der Waals surface area (Å²) in [7, 11) is 6.81. The summed E-state index contributed by atoms with van der Waals surface area (Å²) in [5.74, 6) is 2.43. The van der Waals surface area contributed by atoms with Crippen LogP contribution in [0.15, 0.2) is 36.4 Å². The lowest BCUT2D eigenvalue weighted by atomic mass is 9.92. The highest BCUT2D eigenvalue weighted by molar-refractivity contribution is 5.77. The smallest absolute Gasteiger partial charge is 0.277 e. The number of carbonyl (C=O) groups is 1. The van der Waals surface area contributed by atoms with Gasteiger partial charge in [-0.15, -0.1) is 0 Å². The fraction of sp³-hybridized carbons (Fsp3) is 0.435. The first-order valence-electron chi connectivity index (χ1n) is 9.93. The maximum Gasteiger partial charge on any atom is 0.277 e. The highest BCUT2D eigenvalue weighted by Gasteiger charge is 2.31. The molecule has 0 radical (unpaired) electrons. The molecule has 1 N–H and O–H groups in total. The number of rotatable bonds is 7. The van der Waals surface area contributed by atoms with Crippen molar-refractivity contribution in [2.24, 2.45) is 0 Å². The summed E-state index contributed by atoms with van der Waals surface area (Å²) < 4.78 is 16.3. The Bertz CT molecular complexity index is 868. The van der Waals surface area contributed by atoms with Crippen molar-refractivity contribution in [3.05, 3.63) is 53.1 Å². The number of ether oxygens (including phenoxy) is 3. The van der Waals surface area contributed by atoms with Crippen LogP contribution in [0.5, 0.6) is 17.2 Å². The minimum Gasteiger partial charge on any atom is -0.496 e. The van der Waals surface area contributed by atoms with E-state index in [2.05, 4.69) is 19.1 Å². The maximum atomic E-state index is 12.9. The third kappa shape index (κ3) is 4.48. The van der Waals surface area contributed by atoms with Crippen LogP contribution in [0.1, 0.15) is 29.7 Å². The van der Waals surface area contributed by atoms with Crippen molar-refractivity contribution in [2.75, 3.05) is 41.5 Å². The van der Waals surface area contributed by atoms with Crippen molar-refractivity contribution < 1.29 is 23.9 Å². The lowest BCUT2D eigenvalue weighted by Gasteiger charge is -2.33. The molecule has 3 rings (SSSR count). The normalized spacial score (nSPS) is 18.0. The van der Waals surface area contributed by atoms with E-state index in [1.54, 1.807) is 26.2 Å². The number of methoxy groups -OCH3 is 3. The van der Waals surface area contributed by atoms with Crippen LogP contribution in [0.3, 0.4) is 0 Å². The van der Waals surface area contributed by atoms with Crippen LogP contribution >= 0.6 is 0 Å². The monoisotopic (exact) mass is 399 g/mol. The second kappa shape index (κ2) is 9.18. The molecule has 0 saturated heterocycles. The molecule has 6 heteroatoms. The minimum absolute atomic E-state index is 0.127. The number of likely N-dealkylation sites (N-methyl/N-ethyl adjacent to an activating group) is 1. The number of amides is 1. The van der Waals surface area contributed by atoms with Gasteiger partial charge in [0.15, 0.2) is 18.0 Å². The van der Waals surface area contributed by atoms with Crippen molar-refractivity contribution in [2.45, 2.75) is 25.9 Å². The third-order valence-electron chi connectivity index (χ3n) is 5.84. The molecule has 2 aromatic rings. The summed E-state index contributed by atoms with van der Waals surface area (Å²) in [4.78, 5) is 16.0. The first-order chi connectivity index (χ1) is 14.0. The van der Waals surface area contributed by atoms with Crippen LogP contribution in [-0.2, 0) is 17.8 Å². The quantitative estimate of drug-likeness (QED) is 0.772. The Balaban J connectivity index is 1.70. The SMILES string of the molecule is COc1ccccc1CN(C)C(=O)C[NH+]1CCc2cc(OC)c(OC)cc2[C@H]1C. The highest BCUT2D eigenvalue weighted by Crippen LogP contribution is 2.33. The van der Waals surface area contributed by atoms with E-state index < -0.39 is 0 Å². The lowest BCUT2D eigenvalue weighted by molar-refractivity contribution is -0.924. The van der Waals surface area contributed by atoms with Crippen molar-refractivity contribution in [1.29, 1.82) is 0 Å². The fourth-order valence-corrected chi connectivity index (χ4v) is 4.04. The molecule has 6 nitrogen and oxygen atoms in total. The van der Waals surface area contributed by atoms with E-state index in [9.17, 15) is 4.79 Å². The van der Waals surface area contributed by atoms with Crippen LogP contribution in [0, 0.1) is 0 Å². The Kier molecular flexibility index (Phi) is 6.64. The minimum atomic E-state index is 0.127. The van der Waals surface area contributed by atoms with Gasteiger partial charge in [-0.3, -0.25) is 4.79 Å². The molecule has 0 saturated carbocycles. The molecule has 1 unspecified atom stereocenters. The average Bonchev–Trinajstić information content (AvgIpc) is 2.75. The Morgan fingerprint density at radius 1 is 1.07 bits per heavy atom. The van der Waals surface area contributed by atoms with Gasteiger partial charge in [-0.05, 0) is 30.7 Å². The molecule has 1 aliphatic rings. The maximum absolute atomic E-state index is 12.9. The van der Waals surface area contributed by atoms with Gasteiger partial charge in [0.1, 0.15) is 11.8 Å². The van der Waals surface area contributed by atoms with Gasteiger partial charge in [-0.2, -0.15) is 0 Å². The summed E-state index contributed by atoms with van der Waals surface area (Å²) >= 11 is 0. The number of hydrogen-bond donors (Lipinski definition) is 1. The largest absolute Gasteiger partial charge is 0.496 e. The number of nitrogens with one attached hydrogen (secondary N) is 1. The Morgan fingerprint density at radius 2 is 1.72 bits per heavy atom. The summed E-state index contributed by atoms with van der Waals surface area (Å²) in [6.07, 6.45) is 0.916. The topological polar surface area (TPSA) is 52.4 Å². The molecular weight excluding hydrogens is 368 g/mol. The van der Waals surface area contributed by atoms with Crippen LogP contribution in [0.25, 0.3) is 0 Å². The first kappa shape index (κ1) is 21.0. The van der Waals surface area contributed by atoms with Gasteiger partial charge >= 0.3 is 0 Å². The van der Waals surface area contributed by atoms with Crippen molar-refractivity contribution in [3.63, 3.8) is 0 Å². The summed E-state index contributed by atoms with van der Waals surface area (Å²) in [5, 5.41) is 0. The molecular formula is C23H31N2O4+. The molecule has 0 fully saturated rings. The molecule has 1 heterocycles. The van der Waals surface area contributed by atoms with E-state index in [0.29, 0.717) is 13.1 Å². The number of fused-ring (bicyclic) bond motifs is 1. The van der Waals surface area contributed by atoms with E-state index >= 15 is 0 Å². The van der Waals surface area contributed by atoms with Crippen molar-refractivity contribution >= 4 is 5.91 Å². The van der Waals surface area contributed by atoms with Gasteiger partial charge in [-0.25, -0.2) is 0 Å². The van der Waals surface area contributed by atoms with Crippen LogP contribution in [0.4, 0.5) is 0 Å². The molecule has 29 heavy (non-hydrogen) atoms. The zero-order chi connectivity index (χ0) is 21.0. The Morgan fingerprint density at radius 3 is 2.41 bits per heavy atom. The molecule has 2 atom stereocenters. The predicted octanol–water partition coefficient (Wildman–Crippen LogP) is 1.87. The summed E-state index contributed by atoms with van der Waals surface area (Å²) in [6, 6.07) is 12.1. The Labute approximate surface area is 173 Å². The third-order valence-corrected chi connectivity index (χ3v) is 5.84. The molecule has 0 aliphatic carbocycles. The van der Waals surface area contributed by atoms with E-state index in [-0.39, 0.29) is 11.9 Å². The van der Waals surface area contributed by atoms with Gasteiger partial charge in [0, 0.05) is 31.1 Å². The average molecular weight is 400 g/mol. The number of hydrogen-bond acceptors (Lipinski definition) is 4. The number of para-hydroxylation sites is 1. The molecule has 0 bridgehead atoms. The van der Waals surface area contributed by atoms with E-state index in [0.717, 1.165) is 35.8 Å². The van der Waals surface area contributed by atoms with E-state index in [1.165, 1.54) is 16.0 Å². The predicted molar refractivity (Wildman–Crippen MR) is 112 cm³/mol. The molecule has 2 aromatic carbocycles. The van der Waals surface area contributed by atoms with E-state index in [4.69, 9.17) is 14.2 Å². The van der Waals surface area contributed by atoms with Crippen LogP contribution < -0.4 is 19.1 Å². The Hall–Kier alpha value is -2.73. The van der Waals surface area contributed by atoms with Gasteiger partial charge in [-0.1, -0.05) is 18.2 Å². The van der Waals surface area contributed by atoms with Crippen LogP contribution in [0.2, 0.25) is 0 Å². The standard InChI is InChI=1S/C23H30N2O4/c1-16-19-13-22(29-5)21(28-4)12-17(19)10-11-25(16)15-23(26)24(2)14-18-8-6-7-9-20(18)27-3/h6-9,12-13,16H,10-11,14-15H2,1-5H3/p+1/t16-/m1/s1. The van der Waals surface area contributed by atoms with Crippen molar-refractivity contribution in [1.82, 2.24) is 4.90 Å². The van der Waals surface area contributed by atoms with Crippen molar-refractivity contribution in [3.8, 4) is 17.2 Å². The van der Waals surface area contributed by atoms with Gasteiger partial charge in [0.05, 0.1) is 27.9 Å². The number of carbonyl (C=O) groups excluding carboxylic acids is 1. The van der Waals surface area contributed by atoms with Crippen LogP contribution in [-0.4, -0.2) is 52.3 Å². The summed E-state index contributed by atoms with van der Waals surface area (Å²) in [5.41, 5.74) is 3.51. The molecule has 1 amide bonds. The molecule has 1 aliphatic heterocycles. The second-order valence-corrected chi connectivity index (χ2v) is 7.52. The number of quaternary nitrogens is 1. The molecule has 0 aromatic heterocycles. The molecule has 156 valence electrons. The zero-order valence-corrected chi connectivity index (χ0v) is 18.0. The number of nitrogens with zero attached hydrogens (tertiary/aromatic N) is 1. The lowest BCUT2D eigenvalue weighted by Crippen LogP contribution is -3.14. The van der Waals surface area contributed by atoms with Gasteiger partial charge < -0.3 is 24.0 Å². The van der Waals surface area contributed by atoms with Gasteiger partial charge in [0.2, 0.25) is 0 Å². The van der Waals surface area contributed by atoms with E-state index in [1.807, 2.05) is 31.3 Å². The number of benzene rings is 2. The molecule has 0 spiro atoms. The fourth-order valence-electron chi connectivity index (χ4n) is 4.04.